The molecule has 36 heavy (non-hydrogen) atoms. The third-order valence-electron chi connectivity index (χ3n) is 10.6. The van der Waals surface area contributed by atoms with Gasteiger partial charge in [-0.25, -0.2) is 4.79 Å². The molecule has 1 aromatic carbocycles. The minimum Gasteiger partial charge on any atom is -0.459 e. The van der Waals surface area contributed by atoms with Gasteiger partial charge in [0.15, 0.2) is 0 Å². The molecule has 5 rings (SSSR count). The number of aliphatic hydroxyl groups excluding tert-OH is 2. The lowest BCUT2D eigenvalue weighted by Crippen LogP contribution is -2.75. The minimum atomic E-state index is -1.52. The van der Waals surface area contributed by atoms with E-state index in [1.165, 1.54) is 6.08 Å². The molecule has 0 heterocycles. The van der Waals surface area contributed by atoms with Crippen molar-refractivity contribution in [3.63, 3.8) is 0 Å². The van der Waals surface area contributed by atoms with Gasteiger partial charge in [0, 0.05) is 23.3 Å². The number of benzene rings is 1. The molecule has 4 N–H and O–H groups in total. The second-order valence-corrected chi connectivity index (χ2v) is 12.2. The topological polar surface area (TPSA) is 107 Å². The van der Waals surface area contributed by atoms with Crippen LogP contribution < -0.4 is 0 Å². The van der Waals surface area contributed by atoms with Crippen LogP contribution in [0.2, 0.25) is 0 Å². The maximum Gasteiger partial charge on any atom is 0.331 e. The first-order valence-electron chi connectivity index (χ1n) is 13.4. The van der Waals surface area contributed by atoms with Crippen LogP contribution in [0.3, 0.4) is 0 Å². The molecule has 3 fully saturated rings. The van der Waals surface area contributed by atoms with E-state index in [2.05, 4.69) is 6.92 Å². The molecule has 0 spiro atoms. The van der Waals surface area contributed by atoms with Crippen molar-refractivity contribution in [1.82, 2.24) is 0 Å². The summed E-state index contributed by atoms with van der Waals surface area (Å²) in [6, 6.07) is 9.51. The normalized spacial score (nSPS) is 44.8. The molecular weight excluding hydrogens is 456 g/mol. The Morgan fingerprint density at radius 1 is 1.11 bits per heavy atom. The molecule has 3 saturated carbocycles. The number of fused-ring (bicyclic) bond motifs is 5. The van der Waals surface area contributed by atoms with E-state index in [0.29, 0.717) is 38.5 Å². The SMILES string of the molecule is CC(OC(=O)C=Cc1ccccc1)C1CCC2(O)C3(O)CC=C4CC(O)CCC4(C)C3CC(O)C12C. The van der Waals surface area contributed by atoms with Crippen LogP contribution in [-0.2, 0) is 9.53 Å². The van der Waals surface area contributed by atoms with Crippen LogP contribution in [0.25, 0.3) is 6.08 Å². The van der Waals surface area contributed by atoms with E-state index in [1.807, 2.05) is 50.3 Å². The van der Waals surface area contributed by atoms with Gasteiger partial charge >= 0.3 is 5.97 Å². The number of hydrogen-bond acceptors (Lipinski definition) is 6. The Bertz CT molecular complexity index is 1070. The van der Waals surface area contributed by atoms with Crippen molar-refractivity contribution >= 4 is 12.0 Å². The van der Waals surface area contributed by atoms with E-state index in [-0.39, 0.29) is 23.4 Å². The zero-order chi connectivity index (χ0) is 25.9. The highest BCUT2D eigenvalue weighted by molar-refractivity contribution is 5.87. The quantitative estimate of drug-likeness (QED) is 0.287. The summed E-state index contributed by atoms with van der Waals surface area (Å²) in [5.41, 5.74) is -2.28. The lowest BCUT2D eigenvalue weighted by atomic mass is 9.43. The first-order valence-corrected chi connectivity index (χ1v) is 13.4. The van der Waals surface area contributed by atoms with Crippen LogP contribution in [0.15, 0.2) is 48.1 Å². The Balaban J connectivity index is 1.40. The highest BCUT2D eigenvalue weighted by atomic mass is 16.5. The average Bonchev–Trinajstić information content (AvgIpc) is 3.14. The molecule has 0 radical (unpaired) electrons. The number of carbonyl (C=O) groups excluding carboxylic acids is 1. The molecule has 6 heteroatoms. The van der Waals surface area contributed by atoms with Gasteiger partial charge in [-0.15, -0.1) is 0 Å². The van der Waals surface area contributed by atoms with Crippen LogP contribution in [0.1, 0.15) is 71.3 Å². The second-order valence-electron chi connectivity index (χ2n) is 12.2. The van der Waals surface area contributed by atoms with Crippen LogP contribution >= 0.6 is 0 Å². The maximum atomic E-state index is 12.6. The molecule has 4 aliphatic rings. The molecule has 196 valence electrons. The summed E-state index contributed by atoms with van der Waals surface area (Å²) in [4.78, 5) is 12.6. The smallest absolute Gasteiger partial charge is 0.331 e. The molecule has 0 aliphatic heterocycles. The summed E-state index contributed by atoms with van der Waals surface area (Å²) >= 11 is 0. The van der Waals surface area contributed by atoms with Gasteiger partial charge in [0.2, 0.25) is 0 Å². The van der Waals surface area contributed by atoms with Crippen molar-refractivity contribution in [2.75, 3.05) is 0 Å². The van der Waals surface area contributed by atoms with E-state index in [9.17, 15) is 25.2 Å². The van der Waals surface area contributed by atoms with Gasteiger partial charge in [0.25, 0.3) is 0 Å². The first kappa shape index (κ1) is 25.7. The summed E-state index contributed by atoms with van der Waals surface area (Å²) in [5, 5.41) is 46.5. The van der Waals surface area contributed by atoms with Crippen molar-refractivity contribution in [3.8, 4) is 0 Å². The molecule has 1 aromatic rings. The van der Waals surface area contributed by atoms with Crippen molar-refractivity contribution in [3.05, 3.63) is 53.6 Å². The number of aliphatic hydroxyl groups is 4. The Labute approximate surface area is 213 Å². The van der Waals surface area contributed by atoms with Gasteiger partial charge in [-0.1, -0.05) is 55.8 Å². The summed E-state index contributed by atoms with van der Waals surface area (Å²) in [6.07, 6.45) is 6.87. The molecule has 9 unspecified atom stereocenters. The van der Waals surface area contributed by atoms with Crippen LogP contribution in [0.5, 0.6) is 0 Å². The minimum absolute atomic E-state index is 0.300. The Hall–Kier alpha value is -1.99. The van der Waals surface area contributed by atoms with Crippen molar-refractivity contribution in [2.45, 2.75) is 95.2 Å². The molecule has 0 saturated heterocycles. The third kappa shape index (κ3) is 3.56. The Morgan fingerprint density at radius 3 is 2.56 bits per heavy atom. The standard InChI is InChI=1S/C30H40O6/c1-19(36-26(33)10-9-20-7-5-4-6-8-20)23-13-16-30(35)28(23,3)25(32)18-24-27(2)14-12-22(31)17-21(27)11-15-29(24,30)34/h4-11,19,22-25,31-32,34-35H,12-18H2,1-3H3. The van der Waals surface area contributed by atoms with Crippen LogP contribution in [0, 0.1) is 22.7 Å². The molecule has 6 nitrogen and oxygen atoms in total. The third-order valence-corrected chi connectivity index (χ3v) is 10.6. The van der Waals surface area contributed by atoms with Crippen molar-refractivity contribution < 1.29 is 30.0 Å². The maximum absolute atomic E-state index is 12.6. The van der Waals surface area contributed by atoms with Crippen LogP contribution in [-0.4, -0.2) is 55.9 Å². The zero-order valence-corrected chi connectivity index (χ0v) is 21.6. The lowest BCUT2D eigenvalue weighted by molar-refractivity contribution is -0.303. The van der Waals surface area contributed by atoms with Crippen molar-refractivity contribution in [1.29, 1.82) is 0 Å². The number of esters is 1. The van der Waals surface area contributed by atoms with E-state index in [1.54, 1.807) is 6.08 Å². The first-order chi connectivity index (χ1) is 17.0. The molecule has 0 bridgehead atoms. The fraction of sp³-hybridized carbons (Fsp3) is 0.633. The molecule has 9 atom stereocenters. The fourth-order valence-electron chi connectivity index (χ4n) is 8.46. The lowest BCUT2D eigenvalue weighted by Gasteiger charge is -2.66. The summed E-state index contributed by atoms with van der Waals surface area (Å²) < 4.78 is 5.78. The van der Waals surface area contributed by atoms with E-state index in [0.717, 1.165) is 17.6 Å². The summed E-state index contributed by atoms with van der Waals surface area (Å²) in [5.74, 6) is -1.08. The van der Waals surface area contributed by atoms with Crippen LogP contribution in [0.4, 0.5) is 0 Å². The van der Waals surface area contributed by atoms with Gasteiger partial charge in [0.05, 0.1) is 12.2 Å². The molecule has 0 aromatic heterocycles. The highest BCUT2D eigenvalue weighted by Crippen LogP contribution is 2.69. The zero-order valence-electron chi connectivity index (χ0n) is 21.6. The fourth-order valence-corrected chi connectivity index (χ4v) is 8.46. The number of carbonyl (C=O) groups is 1. The summed E-state index contributed by atoms with van der Waals surface area (Å²) in [7, 11) is 0. The summed E-state index contributed by atoms with van der Waals surface area (Å²) in [6.45, 7) is 5.80. The molecular formula is C30H40O6. The van der Waals surface area contributed by atoms with Gasteiger partial charge in [0.1, 0.15) is 17.3 Å². The highest BCUT2D eigenvalue weighted by Gasteiger charge is 2.76. The predicted octanol–water partition coefficient (Wildman–Crippen LogP) is 3.77. The number of hydrogen-bond donors (Lipinski definition) is 4. The number of rotatable bonds is 4. The van der Waals surface area contributed by atoms with Gasteiger partial charge in [-0.3, -0.25) is 0 Å². The molecule has 0 amide bonds. The van der Waals surface area contributed by atoms with E-state index >= 15 is 0 Å². The largest absolute Gasteiger partial charge is 0.459 e. The van der Waals surface area contributed by atoms with Gasteiger partial charge < -0.3 is 25.2 Å². The Kier molecular flexibility index (Phi) is 6.27. The van der Waals surface area contributed by atoms with Crippen molar-refractivity contribution in [2.24, 2.45) is 22.7 Å². The van der Waals surface area contributed by atoms with Gasteiger partial charge in [-0.05, 0) is 68.9 Å². The Morgan fingerprint density at radius 2 is 1.83 bits per heavy atom. The van der Waals surface area contributed by atoms with E-state index < -0.39 is 34.8 Å². The predicted molar refractivity (Wildman–Crippen MR) is 137 cm³/mol. The monoisotopic (exact) mass is 496 g/mol. The average molecular weight is 497 g/mol. The van der Waals surface area contributed by atoms with Gasteiger partial charge in [-0.2, -0.15) is 0 Å². The second kappa shape index (κ2) is 8.80. The van der Waals surface area contributed by atoms with E-state index in [4.69, 9.17) is 4.74 Å². The molecule has 4 aliphatic carbocycles. The number of ether oxygens (including phenoxy) is 1.